The summed E-state index contributed by atoms with van der Waals surface area (Å²) in [6.07, 6.45) is 4.34. The van der Waals surface area contributed by atoms with E-state index in [9.17, 15) is 10.1 Å². The lowest BCUT2D eigenvalue weighted by atomic mass is 10.0. The van der Waals surface area contributed by atoms with Crippen molar-refractivity contribution in [3.8, 4) is 6.07 Å². The fraction of sp³-hybridized carbons (Fsp3) is 0. The second kappa shape index (κ2) is 7.49. The first kappa shape index (κ1) is 15.9. The molecule has 0 aliphatic rings. The van der Waals surface area contributed by atoms with Gasteiger partial charge in [-0.1, -0.05) is 42.1 Å². The number of nitriles is 1. The molecular weight excluding hydrogens is 318 g/mol. The van der Waals surface area contributed by atoms with Crippen molar-refractivity contribution in [2.75, 3.05) is 0 Å². The van der Waals surface area contributed by atoms with Crippen LogP contribution in [0.15, 0.2) is 93.0 Å². The lowest BCUT2D eigenvalue weighted by molar-refractivity contribution is 0.103. The molecule has 0 amide bonds. The summed E-state index contributed by atoms with van der Waals surface area (Å²) in [6.45, 7) is 0. The van der Waals surface area contributed by atoms with E-state index in [0.29, 0.717) is 5.56 Å². The summed E-state index contributed by atoms with van der Waals surface area (Å²) in [6, 6.07) is 21.3. The Bertz CT molecular complexity index is 889. The predicted octanol–water partition coefficient (Wildman–Crippen LogP) is 5.22. The quantitative estimate of drug-likeness (QED) is 0.365. The van der Waals surface area contributed by atoms with Gasteiger partial charge in [0.1, 0.15) is 17.9 Å². The van der Waals surface area contributed by atoms with Gasteiger partial charge >= 0.3 is 0 Å². The van der Waals surface area contributed by atoms with Crippen molar-refractivity contribution in [1.29, 1.82) is 5.26 Å². The minimum atomic E-state index is -0.339. The van der Waals surface area contributed by atoms with E-state index in [-0.39, 0.29) is 11.4 Å². The molecule has 3 rings (SSSR count). The molecule has 2 aromatic carbocycles. The number of carbonyl (C=O) groups excluding carboxylic acids is 1. The van der Waals surface area contributed by atoms with Crippen molar-refractivity contribution < 1.29 is 9.21 Å². The number of hydrogen-bond donors (Lipinski definition) is 0. The highest BCUT2D eigenvalue weighted by atomic mass is 32.2. The molecule has 1 heterocycles. The Morgan fingerprint density at radius 2 is 1.71 bits per heavy atom. The lowest BCUT2D eigenvalue weighted by Gasteiger charge is -2.02. The van der Waals surface area contributed by atoms with Crippen LogP contribution in [0.4, 0.5) is 0 Å². The van der Waals surface area contributed by atoms with Crippen LogP contribution in [0.2, 0.25) is 0 Å². The molecule has 0 unspecified atom stereocenters. The monoisotopic (exact) mass is 331 g/mol. The van der Waals surface area contributed by atoms with Crippen LogP contribution in [0.3, 0.4) is 0 Å². The van der Waals surface area contributed by atoms with E-state index in [2.05, 4.69) is 12.1 Å². The summed E-state index contributed by atoms with van der Waals surface area (Å²) in [5.74, 6) is -0.339. The van der Waals surface area contributed by atoms with Crippen molar-refractivity contribution in [2.45, 2.75) is 9.79 Å². The highest BCUT2D eigenvalue weighted by Gasteiger charge is 2.13. The molecule has 1 aromatic heterocycles. The molecule has 0 saturated heterocycles. The molecule has 0 aliphatic carbocycles. The van der Waals surface area contributed by atoms with E-state index in [1.165, 1.54) is 12.5 Å². The van der Waals surface area contributed by atoms with Crippen molar-refractivity contribution >= 4 is 23.6 Å². The topological polar surface area (TPSA) is 54.0 Å². The molecule has 0 saturated carbocycles. The molecule has 0 aliphatic heterocycles. The molecule has 0 atom stereocenters. The zero-order valence-corrected chi connectivity index (χ0v) is 13.5. The molecule has 3 aromatic rings. The van der Waals surface area contributed by atoms with Crippen LogP contribution in [0, 0.1) is 11.3 Å². The summed E-state index contributed by atoms with van der Waals surface area (Å²) in [5, 5.41) is 9.23. The number of carbonyl (C=O) groups is 1. The maximum absolute atomic E-state index is 12.2. The van der Waals surface area contributed by atoms with Crippen molar-refractivity contribution in [3.05, 3.63) is 89.9 Å². The molecule has 0 spiro atoms. The Morgan fingerprint density at radius 3 is 2.33 bits per heavy atom. The Morgan fingerprint density at radius 1 is 1.00 bits per heavy atom. The SMILES string of the molecule is N#C/C(=C/c1ccc(Sc2ccccc2)cc1)C(=O)c1ccoc1. The number of Topliss-reactive ketones (excluding diaryl/α,β-unsaturated/α-hetero) is 1. The number of hydrogen-bond acceptors (Lipinski definition) is 4. The van der Waals surface area contributed by atoms with Crippen LogP contribution < -0.4 is 0 Å². The summed E-state index contributed by atoms with van der Waals surface area (Å²) < 4.78 is 4.89. The van der Waals surface area contributed by atoms with Crippen LogP contribution in [0.1, 0.15) is 15.9 Å². The normalized spacial score (nSPS) is 11.0. The maximum Gasteiger partial charge on any atom is 0.206 e. The Labute approximate surface area is 144 Å². The summed E-state index contributed by atoms with van der Waals surface area (Å²) in [7, 11) is 0. The highest BCUT2D eigenvalue weighted by molar-refractivity contribution is 7.99. The molecule has 0 N–H and O–H groups in total. The second-order valence-electron chi connectivity index (χ2n) is 5.00. The summed E-state index contributed by atoms with van der Waals surface area (Å²) in [4.78, 5) is 14.5. The van der Waals surface area contributed by atoms with Gasteiger partial charge in [0.05, 0.1) is 11.8 Å². The fourth-order valence-electron chi connectivity index (χ4n) is 2.12. The van der Waals surface area contributed by atoms with E-state index < -0.39 is 0 Å². The number of allylic oxidation sites excluding steroid dienone is 1. The lowest BCUT2D eigenvalue weighted by Crippen LogP contribution is -1.99. The van der Waals surface area contributed by atoms with Crippen LogP contribution in [0.25, 0.3) is 6.08 Å². The number of ketones is 1. The highest BCUT2D eigenvalue weighted by Crippen LogP contribution is 2.27. The molecule has 0 fully saturated rings. The van der Waals surface area contributed by atoms with E-state index >= 15 is 0 Å². The minimum Gasteiger partial charge on any atom is -0.472 e. The van der Waals surface area contributed by atoms with Gasteiger partial charge < -0.3 is 4.42 Å². The summed E-state index contributed by atoms with van der Waals surface area (Å²) in [5.41, 5.74) is 1.26. The van der Waals surface area contributed by atoms with Gasteiger partial charge in [-0.2, -0.15) is 5.26 Å². The molecule has 4 heteroatoms. The molecule has 0 bridgehead atoms. The zero-order valence-electron chi connectivity index (χ0n) is 12.7. The number of benzene rings is 2. The van der Waals surface area contributed by atoms with Gasteiger partial charge in [-0.05, 0) is 42.0 Å². The van der Waals surface area contributed by atoms with Crippen molar-refractivity contribution in [1.82, 2.24) is 0 Å². The Kier molecular flexibility index (Phi) is 4.95. The van der Waals surface area contributed by atoms with Gasteiger partial charge in [-0.15, -0.1) is 0 Å². The van der Waals surface area contributed by atoms with Gasteiger partial charge in [0, 0.05) is 9.79 Å². The predicted molar refractivity (Wildman–Crippen MR) is 93.6 cm³/mol. The maximum atomic E-state index is 12.2. The summed E-state index contributed by atoms with van der Waals surface area (Å²) >= 11 is 1.66. The first-order valence-corrected chi connectivity index (χ1v) is 8.09. The Balaban J connectivity index is 1.77. The standard InChI is InChI=1S/C20H13NO2S/c21-13-17(20(22)16-10-11-23-14-16)12-15-6-8-19(9-7-15)24-18-4-2-1-3-5-18/h1-12,14H/b17-12-. The molecule has 24 heavy (non-hydrogen) atoms. The molecule has 3 nitrogen and oxygen atoms in total. The fourth-order valence-corrected chi connectivity index (χ4v) is 2.96. The van der Waals surface area contributed by atoms with Gasteiger partial charge in [0.2, 0.25) is 5.78 Å². The third-order valence-corrected chi connectivity index (χ3v) is 4.33. The second-order valence-corrected chi connectivity index (χ2v) is 6.14. The molecular formula is C20H13NO2S. The van der Waals surface area contributed by atoms with Crippen molar-refractivity contribution in [2.24, 2.45) is 0 Å². The van der Waals surface area contributed by atoms with Crippen LogP contribution in [0.5, 0.6) is 0 Å². The third-order valence-electron chi connectivity index (χ3n) is 3.32. The van der Waals surface area contributed by atoms with E-state index in [1.54, 1.807) is 23.9 Å². The van der Waals surface area contributed by atoms with Crippen LogP contribution >= 0.6 is 11.8 Å². The van der Waals surface area contributed by atoms with Crippen LogP contribution in [-0.2, 0) is 0 Å². The van der Waals surface area contributed by atoms with E-state index in [0.717, 1.165) is 15.4 Å². The van der Waals surface area contributed by atoms with Gasteiger partial charge in [0.25, 0.3) is 0 Å². The third kappa shape index (κ3) is 3.83. The zero-order chi connectivity index (χ0) is 16.8. The van der Waals surface area contributed by atoms with Gasteiger partial charge in [-0.25, -0.2) is 0 Å². The minimum absolute atomic E-state index is 0.0832. The Hall–Kier alpha value is -3.03. The van der Waals surface area contributed by atoms with E-state index in [1.807, 2.05) is 48.5 Å². The molecule has 116 valence electrons. The van der Waals surface area contributed by atoms with Gasteiger partial charge in [0.15, 0.2) is 0 Å². The van der Waals surface area contributed by atoms with Gasteiger partial charge in [-0.3, -0.25) is 4.79 Å². The average Bonchev–Trinajstić information content (AvgIpc) is 3.16. The smallest absolute Gasteiger partial charge is 0.206 e. The number of nitrogens with zero attached hydrogens (tertiary/aromatic N) is 1. The molecule has 0 radical (unpaired) electrons. The van der Waals surface area contributed by atoms with E-state index in [4.69, 9.17) is 4.42 Å². The number of furan rings is 1. The van der Waals surface area contributed by atoms with Crippen molar-refractivity contribution in [3.63, 3.8) is 0 Å². The first-order valence-electron chi connectivity index (χ1n) is 7.28. The largest absolute Gasteiger partial charge is 0.472 e. The number of rotatable bonds is 5. The first-order chi connectivity index (χ1) is 11.8. The van der Waals surface area contributed by atoms with Crippen LogP contribution in [-0.4, -0.2) is 5.78 Å². The average molecular weight is 331 g/mol.